The minimum atomic E-state index is -4.05. The molecule has 0 saturated heterocycles. The van der Waals surface area contributed by atoms with E-state index in [1.54, 1.807) is 73.7 Å². The number of para-hydroxylation sites is 3. The van der Waals surface area contributed by atoms with Crippen molar-refractivity contribution in [2.24, 2.45) is 0 Å². The van der Waals surface area contributed by atoms with E-state index in [0.717, 1.165) is 9.87 Å². The van der Waals surface area contributed by atoms with E-state index in [1.165, 1.54) is 12.1 Å². The third kappa shape index (κ3) is 5.87. The maximum Gasteiger partial charge on any atom is 0.264 e. The minimum absolute atomic E-state index is 0.0862. The van der Waals surface area contributed by atoms with Crippen molar-refractivity contribution in [2.75, 3.05) is 16.2 Å². The second-order valence-corrected chi connectivity index (χ2v) is 10.5. The Morgan fingerprint density at radius 1 is 0.889 bits per heavy atom. The molecule has 0 heterocycles. The maximum absolute atomic E-state index is 13.7. The minimum Gasteiger partial charge on any atom is -0.455 e. The van der Waals surface area contributed by atoms with Crippen LogP contribution in [0.4, 0.5) is 11.4 Å². The fourth-order valence-corrected chi connectivity index (χ4v) is 5.34. The molecule has 4 rings (SSSR count). The van der Waals surface area contributed by atoms with Crippen molar-refractivity contribution in [1.29, 1.82) is 0 Å². The molecule has 4 aromatic carbocycles. The quantitative estimate of drug-likeness (QED) is 0.284. The number of nitrogens with zero attached hydrogens (tertiary/aromatic N) is 1. The number of anilines is 2. The highest BCUT2D eigenvalue weighted by molar-refractivity contribution is 7.92. The second kappa shape index (κ2) is 10.8. The Balaban J connectivity index is 1.65. The summed E-state index contributed by atoms with van der Waals surface area (Å²) in [6.45, 7) is 3.18. The fraction of sp³-hybridized carbons (Fsp3) is 0.107. The number of sulfonamides is 1. The maximum atomic E-state index is 13.7. The molecule has 1 amide bonds. The molecule has 184 valence electrons. The zero-order valence-corrected chi connectivity index (χ0v) is 21.4. The molecule has 0 saturated carbocycles. The third-order valence-corrected chi connectivity index (χ3v) is 7.46. The lowest BCUT2D eigenvalue weighted by Gasteiger charge is -2.26. The van der Waals surface area contributed by atoms with Gasteiger partial charge in [0.25, 0.3) is 10.0 Å². The first-order chi connectivity index (χ1) is 17.2. The summed E-state index contributed by atoms with van der Waals surface area (Å²) in [7, 11) is -4.05. The predicted octanol–water partition coefficient (Wildman–Crippen LogP) is 6.58. The number of benzene rings is 4. The number of carbonyl (C=O) groups excluding carboxylic acids is 1. The molecule has 0 fully saturated rings. The fourth-order valence-electron chi connectivity index (χ4n) is 3.63. The molecular formula is C28H25ClN2O4S. The van der Waals surface area contributed by atoms with Gasteiger partial charge in [0.2, 0.25) is 5.91 Å². The zero-order valence-electron chi connectivity index (χ0n) is 19.8. The van der Waals surface area contributed by atoms with Gasteiger partial charge in [0.1, 0.15) is 12.3 Å². The van der Waals surface area contributed by atoms with E-state index >= 15 is 0 Å². The average Bonchev–Trinajstić information content (AvgIpc) is 2.85. The summed E-state index contributed by atoms with van der Waals surface area (Å²) in [6, 6.07) is 27.5. The molecule has 0 radical (unpaired) electrons. The number of nitrogens with one attached hydrogen (secondary N) is 1. The molecule has 0 aromatic heterocycles. The van der Waals surface area contributed by atoms with E-state index in [-0.39, 0.29) is 4.90 Å². The molecule has 4 aromatic rings. The van der Waals surface area contributed by atoms with Crippen LogP contribution in [0.1, 0.15) is 11.1 Å². The monoisotopic (exact) mass is 520 g/mol. The summed E-state index contributed by atoms with van der Waals surface area (Å²) in [6.07, 6.45) is 0. The van der Waals surface area contributed by atoms with Crippen LogP contribution in [0.2, 0.25) is 5.02 Å². The van der Waals surface area contributed by atoms with Crippen molar-refractivity contribution >= 4 is 38.9 Å². The second-order valence-electron chi connectivity index (χ2n) is 8.21. The van der Waals surface area contributed by atoms with E-state index in [0.29, 0.717) is 33.5 Å². The average molecular weight is 521 g/mol. The van der Waals surface area contributed by atoms with Gasteiger partial charge in [-0.15, -0.1) is 0 Å². The van der Waals surface area contributed by atoms with Crippen molar-refractivity contribution in [3.05, 3.63) is 113 Å². The number of ether oxygens (including phenoxy) is 1. The van der Waals surface area contributed by atoms with Gasteiger partial charge < -0.3 is 10.1 Å². The van der Waals surface area contributed by atoms with Gasteiger partial charge in [0.05, 0.1) is 16.3 Å². The summed E-state index contributed by atoms with van der Waals surface area (Å²) in [5, 5.41) is 3.27. The third-order valence-electron chi connectivity index (χ3n) is 5.46. The van der Waals surface area contributed by atoms with Crippen molar-refractivity contribution in [1.82, 2.24) is 0 Å². The van der Waals surface area contributed by atoms with Gasteiger partial charge in [-0.1, -0.05) is 59.6 Å². The molecule has 0 spiro atoms. The van der Waals surface area contributed by atoms with Crippen LogP contribution >= 0.6 is 11.6 Å². The SMILES string of the molecule is Cc1ccc(S(=O)(=O)N(CC(=O)Nc2ccccc2Oc2ccccc2)c2ccc(Cl)cc2C)cc1. The Morgan fingerprint density at radius 3 is 2.25 bits per heavy atom. The summed E-state index contributed by atoms with van der Waals surface area (Å²) in [4.78, 5) is 13.3. The number of amides is 1. The predicted molar refractivity (Wildman–Crippen MR) is 143 cm³/mol. The van der Waals surface area contributed by atoms with E-state index in [9.17, 15) is 13.2 Å². The molecule has 0 aliphatic heterocycles. The van der Waals surface area contributed by atoms with Crippen LogP contribution in [-0.2, 0) is 14.8 Å². The lowest BCUT2D eigenvalue weighted by atomic mass is 10.2. The Hall–Kier alpha value is -3.81. The molecule has 0 aliphatic carbocycles. The number of hydrogen-bond donors (Lipinski definition) is 1. The highest BCUT2D eigenvalue weighted by atomic mass is 35.5. The number of hydrogen-bond acceptors (Lipinski definition) is 4. The van der Waals surface area contributed by atoms with Gasteiger partial charge in [-0.25, -0.2) is 8.42 Å². The Bertz CT molecular complexity index is 1470. The number of aryl methyl sites for hydroxylation is 2. The van der Waals surface area contributed by atoms with Crippen LogP contribution in [0.5, 0.6) is 11.5 Å². The van der Waals surface area contributed by atoms with E-state index in [4.69, 9.17) is 16.3 Å². The van der Waals surface area contributed by atoms with Crippen molar-refractivity contribution in [3.63, 3.8) is 0 Å². The topological polar surface area (TPSA) is 75.7 Å². The highest BCUT2D eigenvalue weighted by Crippen LogP contribution is 2.31. The number of rotatable bonds is 8. The molecular weight excluding hydrogens is 496 g/mol. The van der Waals surface area contributed by atoms with E-state index in [1.807, 2.05) is 25.1 Å². The van der Waals surface area contributed by atoms with Gasteiger partial charge >= 0.3 is 0 Å². The highest BCUT2D eigenvalue weighted by Gasteiger charge is 2.28. The molecule has 36 heavy (non-hydrogen) atoms. The first-order valence-corrected chi connectivity index (χ1v) is 13.0. The Morgan fingerprint density at radius 2 is 1.56 bits per heavy atom. The number of halogens is 1. The lowest BCUT2D eigenvalue weighted by molar-refractivity contribution is -0.114. The van der Waals surface area contributed by atoms with Gasteiger partial charge in [0, 0.05) is 5.02 Å². The molecule has 6 nitrogen and oxygen atoms in total. The summed E-state index contributed by atoms with van der Waals surface area (Å²) >= 11 is 6.11. The first-order valence-electron chi connectivity index (χ1n) is 11.2. The van der Waals surface area contributed by atoms with E-state index < -0.39 is 22.5 Å². The van der Waals surface area contributed by atoms with Crippen LogP contribution in [0.3, 0.4) is 0 Å². The largest absolute Gasteiger partial charge is 0.455 e. The molecule has 1 N–H and O–H groups in total. The summed E-state index contributed by atoms with van der Waals surface area (Å²) in [5.74, 6) is 0.524. The van der Waals surface area contributed by atoms with Crippen LogP contribution in [0.25, 0.3) is 0 Å². The smallest absolute Gasteiger partial charge is 0.264 e. The van der Waals surface area contributed by atoms with Gasteiger partial charge in [-0.3, -0.25) is 9.10 Å². The van der Waals surface area contributed by atoms with Crippen molar-refractivity contribution in [3.8, 4) is 11.5 Å². The molecule has 8 heteroatoms. The van der Waals surface area contributed by atoms with Crippen molar-refractivity contribution in [2.45, 2.75) is 18.7 Å². The standard InChI is InChI=1S/C28H25ClN2O4S/c1-20-12-15-24(16-13-20)36(33,34)31(26-17-14-22(29)18-21(26)2)19-28(32)30-25-10-6-7-11-27(25)35-23-8-4-3-5-9-23/h3-18H,19H2,1-2H3,(H,30,32). The summed E-state index contributed by atoms with van der Waals surface area (Å²) < 4.78 is 34.3. The Kier molecular flexibility index (Phi) is 7.62. The van der Waals surface area contributed by atoms with Gasteiger partial charge in [-0.05, 0) is 74.0 Å². The molecule has 0 unspecified atom stereocenters. The van der Waals surface area contributed by atoms with Crippen LogP contribution in [0, 0.1) is 13.8 Å². The Labute approximate surface area is 216 Å². The molecule has 0 aliphatic rings. The summed E-state index contributed by atoms with van der Waals surface area (Å²) in [5.41, 5.74) is 2.34. The normalized spacial score (nSPS) is 11.1. The number of carbonyl (C=O) groups is 1. The van der Waals surface area contributed by atoms with Crippen LogP contribution in [-0.4, -0.2) is 20.9 Å². The molecule has 0 atom stereocenters. The first kappa shape index (κ1) is 25.3. The van der Waals surface area contributed by atoms with E-state index in [2.05, 4.69) is 5.32 Å². The van der Waals surface area contributed by atoms with Crippen molar-refractivity contribution < 1.29 is 17.9 Å². The van der Waals surface area contributed by atoms with Crippen LogP contribution < -0.4 is 14.4 Å². The molecule has 0 bridgehead atoms. The zero-order chi connectivity index (χ0) is 25.7. The van der Waals surface area contributed by atoms with Gasteiger partial charge in [0.15, 0.2) is 5.75 Å². The van der Waals surface area contributed by atoms with Crippen LogP contribution in [0.15, 0.2) is 102 Å². The lowest BCUT2D eigenvalue weighted by Crippen LogP contribution is -2.38. The van der Waals surface area contributed by atoms with Gasteiger partial charge in [-0.2, -0.15) is 0 Å².